The van der Waals surface area contributed by atoms with Crippen LogP contribution in [0.5, 0.6) is 11.5 Å². The summed E-state index contributed by atoms with van der Waals surface area (Å²) in [6.45, 7) is 6.36. The lowest BCUT2D eigenvalue weighted by atomic mass is 9.67. The Labute approximate surface area is 196 Å². The molecule has 2 aromatic carbocycles. The van der Waals surface area contributed by atoms with Crippen molar-refractivity contribution in [1.29, 1.82) is 0 Å². The first-order chi connectivity index (χ1) is 15.7. The van der Waals surface area contributed by atoms with Gasteiger partial charge in [-0.1, -0.05) is 61.9 Å². The minimum atomic E-state index is -0.797. The lowest BCUT2D eigenvalue weighted by molar-refractivity contribution is -0.130. The van der Waals surface area contributed by atoms with E-state index in [9.17, 15) is 19.8 Å². The summed E-state index contributed by atoms with van der Waals surface area (Å²) < 4.78 is 0. The van der Waals surface area contributed by atoms with Crippen molar-refractivity contribution < 1.29 is 19.8 Å². The monoisotopic (exact) mass is 444 g/mol. The van der Waals surface area contributed by atoms with Gasteiger partial charge in [-0.25, -0.2) is 0 Å². The van der Waals surface area contributed by atoms with Gasteiger partial charge >= 0.3 is 0 Å². The predicted octanol–water partition coefficient (Wildman–Crippen LogP) is 6.21. The molecule has 2 atom stereocenters. The maximum atomic E-state index is 13.4. The molecule has 4 nitrogen and oxygen atoms in total. The molecular formula is C29H32O4. The van der Waals surface area contributed by atoms with Crippen LogP contribution in [0.25, 0.3) is 12.2 Å². The zero-order valence-electron chi connectivity index (χ0n) is 19.4. The topological polar surface area (TPSA) is 74.6 Å². The fourth-order valence-electron chi connectivity index (χ4n) is 4.50. The Bertz CT molecular complexity index is 988. The maximum Gasteiger partial charge on any atom is 0.167 e. The number of hydrogen-bond donors (Lipinski definition) is 2. The van der Waals surface area contributed by atoms with E-state index in [1.807, 2.05) is 0 Å². The molecule has 0 bridgehead atoms. The highest BCUT2D eigenvalue weighted by Gasteiger charge is 2.38. The Hall–Kier alpha value is -3.40. The van der Waals surface area contributed by atoms with Crippen LogP contribution in [0.1, 0.15) is 44.7 Å². The molecule has 0 spiro atoms. The van der Waals surface area contributed by atoms with Crippen molar-refractivity contribution in [3.8, 4) is 11.5 Å². The molecule has 0 radical (unpaired) electrons. The highest BCUT2D eigenvalue weighted by atomic mass is 16.3. The number of carbonyl (C=O) groups is 2. The highest BCUT2D eigenvalue weighted by molar-refractivity contribution is 6.14. The molecule has 1 aliphatic rings. The van der Waals surface area contributed by atoms with Gasteiger partial charge in [-0.15, -0.1) is 0 Å². The Balaban J connectivity index is 1.93. The fourth-order valence-corrected chi connectivity index (χ4v) is 4.50. The van der Waals surface area contributed by atoms with E-state index in [0.29, 0.717) is 5.92 Å². The second kappa shape index (κ2) is 11.0. The number of benzene rings is 2. The van der Waals surface area contributed by atoms with E-state index in [4.69, 9.17) is 0 Å². The summed E-state index contributed by atoms with van der Waals surface area (Å²) in [7, 11) is 0. The molecule has 0 aliphatic heterocycles. The molecule has 0 aromatic heterocycles. The van der Waals surface area contributed by atoms with Crippen molar-refractivity contribution in [2.75, 3.05) is 0 Å². The van der Waals surface area contributed by atoms with E-state index < -0.39 is 5.92 Å². The van der Waals surface area contributed by atoms with E-state index in [2.05, 4.69) is 26.8 Å². The van der Waals surface area contributed by atoms with Gasteiger partial charge < -0.3 is 10.2 Å². The molecule has 2 N–H and O–H groups in total. The smallest absolute Gasteiger partial charge is 0.167 e. The Morgan fingerprint density at radius 2 is 1.30 bits per heavy atom. The van der Waals surface area contributed by atoms with Gasteiger partial charge in [0.2, 0.25) is 0 Å². The number of ketones is 2. The summed E-state index contributed by atoms with van der Waals surface area (Å²) >= 11 is 0. The van der Waals surface area contributed by atoms with Gasteiger partial charge in [-0.05, 0) is 85.1 Å². The lowest BCUT2D eigenvalue weighted by Gasteiger charge is -2.36. The molecule has 2 aromatic rings. The van der Waals surface area contributed by atoms with Gasteiger partial charge in [-0.2, -0.15) is 0 Å². The molecule has 0 amide bonds. The Kier molecular flexibility index (Phi) is 8.05. The van der Waals surface area contributed by atoms with Crippen LogP contribution >= 0.6 is 0 Å². The maximum absolute atomic E-state index is 13.4. The van der Waals surface area contributed by atoms with Crippen LogP contribution in [-0.4, -0.2) is 21.8 Å². The van der Waals surface area contributed by atoms with E-state index >= 15 is 0 Å². The third kappa shape index (κ3) is 6.55. The van der Waals surface area contributed by atoms with Crippen LogP contribution in [0.15, 0.2) is 72.3 Å². The molecule has 2 unspecified atom stereocenters. The van der Waals surface area contributed by atoms with Gasteiger partial charge in [0, 0.05) is 0 Å². The van der Waals surface area contributed by atoms with Crippen molar-refractivity contribution in [3.05, 3.63) is 83.5 Å². The highest BCUT2D eigenvalue weighted by Crippen LogP contribution is 2.39. The zero-order valence-corrected chi connectivity index (χ0v) is 19.4. The molecule has 4 heteroatoms. The van der Waals surface area contributed by atoms with Crippen LogP contribution < -0.4 is 0 Å². The van der Waals surface area contributed by atoms with Crippen LogP contribution in [-0.2, 0) is 9.59 Å². The predicted molar refractivity (Wildman–Crippen MR) is 133 cm³/mol. The molecule has 3 rings (SSSR count). The Morgan fingerprint density at radius 3 is 1.73 bits per heavy atom. The summed E-state index contributed by atoms with van der Waals surface area (Å²) in [6.07, 6.45) is 10.4. The minimum Gasteiger partial charge on any atom is -0.508 e. The summed E-state index contributed by atoms with van der Waals surface area (Å²) in [5.74, 6) is -0.473. The number of phenols is 2. The van der Waals surface area contributed by atoms with E-state index in [1.165, 1.54) is 17.7 Å². The summed E-state index contributed by atoms with van der Waals surface area (Å²) in [6, 6.07) is 13.2. The lowest BCUT2D eigenvalue weighted by Crippen LogP contribution is -2.36. The van der Waals surface area contributed by atoms with Crippen molar-refractivity contribution in [3.63, 3.8) is 0 Å². The molecule has 0 saturated heterocycles. The average Bonchev–Trinajstić information content (AvgIpc) is 2.78. The molecule has 1 aliphatic carbocycles. The van der Waals surface area contributed by atoms with Crippen LogP contribution in [0.2, 0.25) is 0 Å². The van der Waals surface area contributed by atoms with Crippen molar-refractivity contribution in [2.45, 2.75) is 33.6 Å². The first-order valence-corrected chi connectivity index (χ1v) is 11.4. The second-order valence-electron chi connectivity index (χ2n) is 9.17. The van der Waals surface area contributed by atoms with Gasteiger partial charge in [0.05, 0.1) is 5.92 Å². The number of allylic oxidation sites excluding steroid dienone is 4. The van der Waals surface area contributed by atoms with E-state index in [1.54, 1.807) is 60.7 Å². The SMILES string of the molecule is CC1=CC(C(C(=O)/C=C/c2ccc(O)cc2)C(=O)/C=C/c2ccc(O)cc2)C(C(C)C)CC1. The molecule has 0 saturated carbocycles. The number of hydrogen-bond acceptors (Lipinski definition) is 4. The summed E-state index contributed by atoms with van der Waals surface area (Å²) in [5.41, 5.74) is 2.78. The van der Waals surface area contributed by atoms with Gasteiger partial charge in [0.1, 0.15) is 11.5 Å². The average molecular weight is 445 g/mol. The molecule has 172 valence electrons. The fraction of sp³-hybridized carbons (Fsp3) is 0.310. The van der Waals surface area contributed by atoms with Crippen LogP contribution in [0.3, 0.4) is 0 Å². The number of rotatable bonds is 8. The quantitative estimate of drug-likeness (QED) is 0.288. The normalized spacial score (nSPS) is 18.9. The third-order valence-corrected chi connectivity index (χ3v) is 6.36. The third-order valence-electron chi connectivity index (χ3n) is 6.36. The van der Waals surface area contributed by atoms with Gasteiger partial charge in [-0.3, -0.25) is 9.59 Å². The summed E-state index contributed by atoms with van der Waals surface area (Å²) in [4.78, 5) is 26.8. The van der Waals surface area contributed by atoms with E-state index in [-0.39, 0.29) is 34.9 Å². The van der Waals surface area contributed by atoms with Crippen molar-refractivity contribution in [2.24, 2.45) is 23.7 Å². The van der Waals surface area contributed by atoms with Gasteiger partial charge in [0.15, 0.2) is 11.6 Å². The molecule has 0 heterocycles. The number of aromatic hydroxyl groups is 2. The number of carbonyl (C=O) groups excluding carboxylic acids is 2. The molecular weight excluding hydrogens is 412 g/mol. The van der Waals surface area contributed by atoms with Gasteiger partial charge in [0.25, 0.3) is 0 Å². The summed E-state index contributed by atoms with van der Waals surface area (Å²) in [5, 5.41) is 19.0. The molecule has 33 heavy (non-hydrogen) atoms. The Morgan fingerprint density at radius 1 is 0.848 bits per heavy atom. The van der Waals surface area contributed by atoms with Crippen molar-refractivity contribution in [1.82, 2.24) is 0 Å². The minimum absolute atomic E-state index is 0.160. The largest absolute Gasteiger partial charge is 0.508 e. The number of phenolic OH excluding ortho intramolecular Hbond substituents is 2. The van der Waals surface area contributed by atoms with Crippen molar-refractivity contribution >= 4 is 23.7 Å². The standard InChI is InChI=1S/C29H32O4/c1-19(2)25-15-4-20(3)18-26(25)29(27(32)16-9-21-5-11-23(30)12-6-21)28(33)17-10-22-7-13-24(31)14-8-22/h5-14,16-19,25-26,29-31H,4,15H2,1-3H3/b16-9+,17-10+. The first kappa shape index (κ1) is 24.2. The van der Waals surface area contributed by atoms with E-state index in [0.717, 1.165) is 24.0 Å². The molecule has 0 fully saturated rings. The zero-order chi connectivity index (χ0) is 24.0. The van der Waals surface area contributed by atoms with Crippen LogP contribution in [0.4, 0.5) is 0 Å². The first-order valence-electron chi connectivity index (χ1n) is 11.4. The van der Waals surface area contributed by atoms with Crippen LogP contribution in [0, 0.1) is 23.7 Å². The second-order valence-corrected chi connectivity index (χ2v) is 9.17.